The van der Waals surface area contributed by atoms with Crippen molar-refractivity contribution in [3.63, 3.8) is 0 Å². The molecule has 0 saturated carbocycles. The average Bonchev–Trinajstić information content (AvgIpc) is 3.37. The molecule has 4 aromatic rings. The molecule has 0 fully saturated rings. The fourth-order valence-corrected chi connectivity index (χ4v) is 4.71. The van der Waals surface area contributed by atoms with E-state index in [2.05, 4.69) is 29.9 Å². The largest absolute Gasteiger partial charge is 0.494 e. The second-order valence-corrected chi connectivity index (χ2v) is 8.32. The van der Waals surface area contributed by atoms with Gasteiger partial charge in [0, 0.05) is 6.20 Å². The Kier molecular flexibility index (Phi) is 6.08. The molecule has 3 heterocycles. The maximum Gasteiger partial charge on any atom is 0.245 e. The lowest BCUT2D eigenvalue weighted by Gasteiger charge is -2.17. The minimum Gasteiger partial charge on any atom is -0.494 e. The Balaban J connectivity index is 1.71. The van der Waals surface area contributed by atoms with Crippen molar-refractivity contribution in [2.75, 3.05) is 7.11 Å². The fraction of sp³-hybridized carbons (Fsp3) is 0.348. The Morgan fingerprint density at radius 1 is 1.20 bits per heavy atom. The first-order chi connectivity index (χ1) is 14.7. The Bertz CT molecular complexity index is 1170. The van der Waals surface area contributed by atoms with E-state index in [4.69, 9.17) is 9.72 Å². The van der Waals surface area contributed by atoms with E-state index in [9.17, 15) is 4.79 Å². The number of carbonyl (C=O) groups is 1. The van der Waals surface area contributed by atoms with Gasteiger partial charge in [-0.3, -0.25) is 9.20 Å². The number of fused-ring (bicyclic) bond motifs is 2. The van der Waals surface area contributed by atoms with Gasteiger partial charge in [0.15, 0.2) is 5.16 Å². The van der Waals surface area contributed by atoms with E-state index in [0.717, 1.165) is 59.9 Å². The van der Waals surface area contributed by atoms with Crippen LogP contribution >= 0.6 is 11.8 Å². The summed E-state index contributed by atoms with van der Waals surface area (Å²) in [6.07, 6.45) is 7.93. The van der Waals surface area contributed by atoms with Crippen molar-refractivity contribution in [1.29, 1.82) is 0 Å². The van der Waals surface area contributed by atoms with E-state index < -0.39 is 0 Å². The predicted molar refractivity (Wildman–Crippen MR) is 121 cm³/mol. The number of methoxy groups -OCH3 is 1. The lowest BCUT2D eigenvalue weighted by atomic mass is 9.89. The number of ether oxygens (including phenoxy) is 1. The number of imidazole rings is 2. The highest BCUT2D eigenvalue weighted by molar-refractivity contribution is 8.14. The number of hydrogen-bond acceptors (Lipinski definition) is 5. The Morgan fingerprint density at radius 3 is 2.73 bits per heavy atom. The van der Waals surface area contributed by atoms with E-state index in [1.807, 2.05) is 30.5 Å². The number of H-pyrrole nitrogens is 1. The lowest BCUT2D eigenvalue weighted by Crippen LogP contribution is -2.00. The van der Waals surface area contributed by atoms with Crippen molar-refractivity contribution in [1.82, 2.24) is 19.4 Å². The molecule has 0 saturated heterocycles. The smallest absolute Gasteiger partial charge is 0.245 e. The zero-order valence-electron chi connectivity index (χ0n) is 17.5. The zero-order valence-corrected chi connectivity index (χ0v) is 18.3. The van der Waals surface area contributed by atoms with Gasteiger partial charge in [-0.05, 0) is 54.3 Å². The summed E-state index contributed by atoms with van der Waals surface area (Å²) in [4.78, 5) is 25.4. The lowest BCUT2D eigenvalue weighted by molar-refractivity contribution is 0.108. The fourth-order valence-electron chi connectivity index (χ4n) is 3.99. The molecule has 4 rings (SSSR count). The van der Waals surface area contributed by atoms with E-state index >= 15 is 0 Å². The normalized spacial score (nSPS) is 11.6. The molecular weight excluding hydrogens is 396 g/mol. The van der Waals surface area contributed by atoms with Gasteiger partial charge < -0.3 is 9.72 Å². The molecular formula is C23H26N4O2S. The summed E-state index contributed by atoms with van der Waals surface area (Å²) in [6.45, 7) is 4.42. The van der Waals surface area contributed by atoms with Crippen molar-refractivity contribution in [2.45, 2.75) is 50.6 Å². The molecule has 0 radical (unpaired) electrons. The highest BCUT2D eigenvalue weighted by atomic mass is 32.2. The second-order valence-electron chi connectivity index (χ2n) is 7.36. The Morgan fingerprint density at radius 2 is 2.00 bits per heavy atom. The first-order valence-corrected chi connectivity index (χ1v) is 11.2. The third-order valence-electron chi connectivity index (χ3n) is 5.37. The molecule has 1 aromatic carbocycles. The minimum absolute atomic E-state index is 0.105. The summed E-state index contributed by atoms with van der Waals surface area (Å²) in [5.41, 5.74) is 4.24. The second kappa shape index (κ2) is 8.92. The maximum absolute atomic E-state index is 13.0. The van der Waals surface area contributed by atoms with Crippen LogP contribution in [0.1, 0.15) is 61.5 Å². The predicted octanol–water partition coefficient (Wildman–Crippen LogP) is 5.84. The average molecular weight is 423 g/mol. The van der Waals surface area contributed by atoms with Crippen LogP contribution in [0.15, 0.2) is 47.9 Å². The molecule has 3 aromatic heterocycles. The van der Waals surface area contributed by atoms with Gasteiger partial charge >= 0.3 is 0 Å². The van der Waals surface area contributed by atoms with Crippen molar-refractivity contribution in [2.24, 2.45) is 0 Å². The summed E-state index contributed by atoms with van der Waals surface area (Å²) in [6, 6.07) is 9.78. The molecule has 0 unspecified atom stereocenters. The Labute approximate surface area is 180 Å². The quantitative estimate of drug-likeness (QED) is 0.361. The molecule has 0 aliphatic rings. The van der Waals surface area contributed by atoms with Crippen molar-refractivity contribution in [3.05, 3.63) is 54.0 Å². The van der Waals surface area contributed by atoms with Crippen molar-refractivity contribution < 1.29 is 9.53 Å². The number of nitrogens with zero attached hydrogens (tertiary/aromatic N) is 3. The number of pyridine rings is 1. The molecule has 0 bridgehead atoms. The van der Waals surface area contributed by atoms with E-state index in [1.54, 1.807) is 17.7 Å². The number of carbonyl (C=O) groups excluding carboxylic acids is 1. The van der Waals surface area contributed by atoms with Crippen LogP contribution in [0.25, 0.3) is 16.7 Å². The zero-order chi connectivity index (χ0) is 21.1. The molecule has 0 aliphatic heterocycles. The highest BCUT2D eigenvalue weighted by Crippen LogP contribution is 2.36. The van der Waals surface area contributed by atoms with E-state index in [-0.39, 0.29) is 5.12 Å². The SMILES string of the molecule is CCCC(CCC)c1ccc(OC)c2[nH]c(SC(=O)c3cnc4ccccn34)nc12. The Hall–Kier alpha value is -2.80. The third kappa shape index (κ3) is 3.81. The molecule has 6 nitrogen and oxygen atoms in total. The van der Waals surface area contributed by atoms with Crippen LogP contribution in [0.5, 0.6) is 5.75 Å². The van der Waals surface area contributed by atoms with Crippen LogP contribution in [0, 0.1) is 0 Å². The standard InChI is InChI=1S/C23H26N4O2S/c1-4-8-15(9-5-2)16-11-12-18(29-3)21-20(16)25-23(26-21)30-22(28)17-14-24-19-10-6-7-13-27(17)19/h6-7,10-15H,4-5,8-9H2,1-3H3,(H,25,26). The molecule has 156 valence electrons. The molecule has 7 heteroatoms. The maximum atomic E-state index is 13.0. The molecule has 0 aliphatic carbocycles. The third-order valence-corrected chi connectivity index (χ3v) is 6.15. The first kappa shape index (κ1) is 20.5. The van der Waals surface area contributed by atoms with Crippen LogP contribution in [-0.4, -0.2) is 31.6 Å². The number of benzene rings is 1. The first-order valence-electron chi connectivity index (χ1n) is 10.4. The number of hydrogen-bond donors (Lipinski definition) is 1. The van der Waals surface area contributed by atoms with Crippen LogP contribution in [0.4, 0.5) is 0 Å². The minimum atomic E-state index is -0.105. The van der Waals surface area contributed by atoms with Crippen LogP contribution in [0.2, 0.25) is 0 Å². The highest BCUT2D eigenvalue weighted by Gasteiger charge is 2.21. The number of thioether (sulfide) groups is 1. The summed E-state index contributed by atoms with van der Waals surface area (Å²) in [5, 5.41) is 0.463. The molecule has 0 spiro atoms. The van der Waals surface area contributed by atoms with Gasteiger partial charge in [-0.1, -0.05) is 38.8 Å². The summed E-state index contributed by atoms with van der Waals surface area (Å²) in [7, 11) is 1.65. The molecule has 0 amide bonds. The van der Waals surface area contributed by atoms with Gasteiger partial charge in [-0.2, -0.15) is 0 Å². The number of aromatic amines is 1. The van der Waals surface area contributed by atoms with Crippen LogP contribution in [-0.2, 0) is 0 Å². The van der Waals surface area contributed by atoms with Crippen LogP contribution < -0.4 is 4.74 Å². The van der Waals surface area contributed by atoms with E-state index in [1.165, 1.54) is 5.56 Å². The van der Waals surface area contributed by atoms with Gasteiger partial charge in [-0.15, -0.1) is 0 Å². The van der Waals surface area contributed by atoms with Gasteiger partial charge in [0.2, 0.25) is 5.12 Å². The summed E-state index contributed by atoms with van der Waals surface area (Å²) < 4.78 is 7.34. The summed E-state index contributed by atoms with van der Waals surface area (Å²) >= 11 is 1.09. The van der Waals surface area contributed by atoms with Crippen molar-refractivity contribution in [3.8, 4) is 5.75 Å². The van der Waals surface area contributed by atoms with Gasteiger partial charge in [0.25, 0.3) is 0 Å². The van der Waals surface area contributed by atoms with Crippen molar-refractivity contribution >= 4 is 33.6 Å². The van der Waals surface area contributed by atoms with E-state index in [0.29, 0.717) is 16.8 Å². The van der Waals surface area contributed by atoms with Gasteiger partial charge in [0.05, 0.1) is 18.8 Å². The number of aromatic nitrogens is 4. The molecule has 1 N–H and O–H groups in total. The number of nitrogens with one attached hydrogen (secondary N) is 1. The van der Waals surface area contributed by atoms with Gasteiger partial charge in [-0.25, -0.2) is 9.97 Å². The molecule has 0 atom stereocenters. The topological polar surface area (TPSA) is 72.3 Å². The van der Waals surface area contributed by atoms with Crippen LogP contribution in [0.3, 0.4) is 0 Å². The summed E-state index contributed by atoms with van der Waals surface area (Å²) in [5.74, 6) is 1.19. The molecule has 30 heavy (non-hydrogen) atoms. The number of rotatable bonds is 8. The van der Waals surface area contributed by atoms with Gasteiger partial charge in [0.1, 0.15) is 22.6 Å². The monoisotopic (exact) mass is 422 g/mol.